The van der Waals surface area contributed by atoms with E-state index in [0.29, 0.717) is 100.0 Å². The molecule has 18 nitrogen and oxygen atoms in total. The molecule has 1 unspecified atom stereocenters. The molecular weight excluding hydrogens is 1220 g/mol. The number of hydrogen-bond acceptors (Lipinski definition) is 12. The van der Waals surface area contributed by atoms with E-state index in [1.54, 1.807) is 72.8 Å². The molecular formula is C68H58F4N10O8S2. The highest BCUT2D eigenvalue weighted by Gasteiger charge is 2.31. The predicted octanol–water partition coefficient (Wildman–Crippen LogP) is 14.2. The van der Waals surface area contributed by atoms with E-state index in [4.69, 9.17) is 23.8 Å². The van der Waals surface area contributed by atoms with Crippen LogP contribution in [0.1, 0.15) is 53.5 Å². The van der Waals surface area contributed by atoms with Crippen LogP contribution in [-0.2, 0) is 20.0 Å². The van der Waals surface area contributed by atoms with Crippen molar-refractivity contribution in [1.82, 2.24) is 34.6 Å². The molecule has 1 aliphatic heterocycles. The van der Waals surface area contributed by atoms with Gasteiger partial charge in [-0.2, -0.15) is 0 Å². The number of aromatic nitrogens is 5. The summed E-state index contributed by atoms with van der Waals surface area (Å²) in [4.78, 5) is 41.1. The molecule has 7 aromatic heterocycles. The van der Waals surface area contributed by atoms with Crippen molar-refractivity contribution < 1.29 is 52.8 Å². The maximum Gasteiger partial charge on any atom is 0.255 e. The number of anilines is 3. The third-order valence-corrected chi connectivity index (χ3v) is 18.6. The molecule has 1 atom stereocenters. The van der Waals surface area contributed by atoms with Gasteiger partial charge >= 0.3 is 0 Å². The van der Waals surface area contributed by atoms with E-state index in [0.717, 1.165) is 26.8 Å². The fourth-order valence-corrected chi connectivity index (χ4v) is 12.7. The van der Waals surface area contributed by atoms with Crippen molar-refractivity contribution in [2.45, 2.75) is 33.9 Å². The van der Waals surface area contributed by atoms with Gasteiger partial charge in [-0.15, -0.1) is 0 Å². The van der Waals surface area contributed by atoms with Crippen molar-refractivity contribution in [3.63, 3.8) is 0 Å². The van der Waals surface area contributed by atoms with Crippen LogP contribution in [0.2, 0.25) is 0 Å². The van der Waals surface area contributed by atoms with Gasteiger partial charge in [0.2, 0.25) is 20.0 Å². The lowest BCUT2D eigenvalue weighted by molar-refractivity contribution is 0.0956. The Bertz CT molecular complexity index is 5440. The number of nitrogens with one attached hydrogen (secondary N) is 3. The summed E-state index contributed by atoms with van der Waals surface area (Å²) in [7, 11) is -1.69. The third-order valence-electron chi connectivity index (χ3n) is 16.2. The van der Waals surface area contributed by atoms with Gasteiger partial charge in [-0.1, -0.05) is 26.0 Å². The minimum Gasteiger partial charge on any atom is -0.455 e. The Labute approximate surface area is 524 Å². The highest BCUT2D eigenvalue weighted by atomic mass is 32.2. The zero-order chi connectivity index (χ0) is 65.6. The molecule has 24 heteroatoms. The molecule has 0 fully saturated rings. The van der Waals surface area contributed by atoms with Crippen LogP contribution in [-0.4, -0.2) is 93.3 Å². The average molecular weight is 1280 g/mol. The van der Waals surface area contributed by atoms with Crippen LogP contribution in [0.15, 0.2) is 154 Å². The number of fused-ring (bicyclic) bond motifs is 12. The molecule has 0 spiro atoms. The highest BCUT2D eigenvalue weighted by molar-refractivity contribution is 7.92. The molecule has 0 aliphatic carbocycles. The molecule has 92 heavy (non-hydrogen) atoms. The molecule has 13 aromatic rings. The number of sulfonamides is 2. The topological polar surface area (TPSA) is 219 Å². The summed E-state index contributed by atoms with van der Waals surface area (Å²) in [5.74, 6) is -1.45. The van der Waals surface area contributed by atoms with Gasteiger partial charge < -0.3 is 29.4 Å². The third kappa shape index (κ3) is 10.5. The van der Waals surface area contributed by atoms with Crippen molar-refractivity contribution in [1.29, 1.82) is 0 Å². The number of nitrogens with zero attached hydrogens (tertiary/aromatic N) is 7. The second-order valence-electron chi connectivity index (χ2n) is 21.7. The van der Waals surface area contributed by atoms with Crippen molar-refractivity contribution in [2.24, 2.45) is 0 Å². The Morgan fingerprint density at radius 2 is 1.05 bits per heavy atom. The smallest absolute Gasteiger partial charge is 0.255 e. The standard InChI is InChI=1S/C33H27F2N5O4S.C33H25F2N5O4S.C2H6/c2*1-17-37-25-13-12-24(38-31(25)28-15-20-23(35)6-5-7-26(20)40(17)28)21-14-22-29(16-27(21)39(3)45(4,42)43)44-32(30(22)33(41)36-2)18-8-10-19(34)11-9-18;1-2/h5-17,37H,1-4H3,(H,36,41);5-16H,1-4H3,(H,36,41);1-2H3. The van der Waals surface area contributed by atoms with Crippen LogP contribution in [0.5, 0.6) is 0 Å². The van der Waals surface area contributed by atoms with Gasteiger partial charge in [-0.25, -0.2) is 49.3 Å². The van der Waals surface area contributed by atoms with Gasteiger partial charge in [-0.05, 0) is 135 Å². The molecule has 1 aliphatic rings. The number of aryl methyl sites for hydroxylation is 1. The fourth-order valence-electron chi connectivity index (χ4n) is 11.7. The van der Waals surface area contributed by atoms with Crippen LogP contribution in [0.3, 0.4) is 0 Å². The Morgan fingerprint density at radius 3 is 1.55 bits per heavy atom. The minimum absolute atomic E-state index is 0.186. The first kappa shape index (κ1) is 61.6. The quantitative estimate of drug-likeness (QED) is 0.109. The van der Waals surface area contributed by atoms with Crippen molar-refractivity contribution in [2.75, 3.05) is 54.6 Å². The SMILES string of the molecule is CC.CNC(=O)c1c(-c2ccc(F)cc2)oc2cc(N(C)S(C)(=O)=O)c(-c3ccc4c(n3)-c3cc5c(F)cccc5n3C(C)N4)cc12.CNC(=O)c1c(-c2ccc(F)cc2)oc2cc(N(C)S(C)(=O)=O)c(-c3ccc4nc(C)n5c6cccc(F)c6cc5c4n3)cc12. The summed E-state index contributed by atoms with van der Waals surface area (Å²) >= 11 is 0. The zero-order valence-electron chi connectivity index (χ0n) is 51.2. The maximum atomic E-state index is 14.8. The van der Waals surface area contributed by atoms with Crippen LogP contribution in [0.4, 0.5) is 34.6 Å². The van der Waals surface area contributed by atoms with Gasteiger partial charge in [0.25, 0.3) is 11.8 Å². The Hall–Kier alpha value is -10.6. The fraction of sp³-hybridized carbons (Fsp3) is 0.162. The van der Waals surface area contributed by atoms with Gasteiger partial charge in [0.15, 0.2) is 0 Å². The lowest BCUT2D eigenvalue weighted by Gasteiger charge is -2.28. The van der Waals surface area contributed by atoms with E-state index < -0.39 is 43.5 Å². The normalized spacial score (nSPS) is 12.9. The summed E-state index contributed by atoms with van der Waals surface area (Å²) in [6, 6.07) is 37.8. The van der Waals surface area contributed by atoms with Crippen molar-refractivity contribution >= 4 is 109 Å². The van der Waals surface area contributed by atoms with E-state index in [1.165, 1.54) is 88.9 Å². The maximum absolute atomic E-state index is 14.8. The van der Waals surface area contributed by atoms with Gasteiger partial charge in [-0.3, -0.25) is 22.6 Å². The largest absolute Gasteiger partial charge is 0.455 e. The Balaban J connectivity index is 0.000000173. The lowest BCUT2D eigenvalue weighted by Crippen LogP contribution is -2.25. The molecule has 0 saturated carbocycles. The number of pyridine rings is 2. The van der Waals surface area contributed by atoms with Crippen LogP contribution < -0.4 is 24.6 Å². The minimum atomic E-state index is -3.76. The number of furan rings is 2. The highest BCUT2D eigenvalue weighted by Crippen LogP contribution is 2.46. The van der Waals surface area contributed by atoms with E-state index in [1.807, 2.05) is 48.8 Å². The Kier molecular flexibility index (Phi) is 15.6. The second-order valence-corrected chi connectivity index (χ2v) is 25.7. The van der Waals surface area contributed by atoms with Crippen LogP contribution in [0, 0.1) is 30.2 Å². The number of carbonyl (C=O) groups excluding carboxylic acids is 2. The van der Waals surface area contributed by atoms with Gasteiger partial charge in [0.1, 0.15) is 69.2 Å². The molecule has 2 amide bonds. The number of halogens is 4. The number of hydrogen-bond donors (Lipinski definition) is 3. The number of amides is 2. The summed E-state index contributed by atoms with van der Waals surface area (Å²) < 4.78 is 127. The number of rotatable bonds is 10. The molecule has 3 N–H and O–H groups in total. The molecule has 0 saturated heterocycles. The van der Waals surface area contributed by atoms with Crippen LogP contribution >= 0.6 is 0 Å². The molecule has 468 valence electrons. The van der Waals surface area contributed by atoms with E-state index >= 15 is 0 Å². The summed E-state index contributed by atoms with van der Waals surface area (Å²) in [6.07, 6.45) is 1.98. The first-order chi connectivity index (χ1) is 43.9. The average Bonchev–Trinajstić information content (AvgIpc) is 1.54. The van der Waals surface area contributed by atoms with E-state index in [2.05, 4.69) is 16.0 Å². The number of benzene rings is 6. The second kappa shape index (κ2) is 23.3. The van der Waals surface area contributed by atoms with E-state index in [-0.39, 0.29) is 63.0 Å². The zero-order valence-corrected chi connectivity index (χ0v) is 52.8. The predicted molar refractivity (Wildman–Crippen MR) is 352 cm³/mol. The van der Waals surface area contributed by atoms with Gasteiger partial charge in [0.05, 0.1) is 79.8 Å². The van der Waals surface area contributed by atoms with Gasteiger partial charge in [0, 0.05) is 84.1 Å². The van der Waals surface area contributed by atoms with E-state index in [9.17, 15) is 44.0 Å². The monoisotopic (exact) mass is 1280 g/mol. The Morgan fingerprint density at radius 1 is 0.576 bits per heavy atom. The lowest BCUT2D eigenvalue weighted by atomic mass is 10.00. The molecule has 0 bridgehead atoms. The number of carbonyl (C=O) groups is 2. The van der Waals surface area contributed by atoms with Crippen molar-refractivity contribution in [3.05, 3.63) is 186 Å². The summed E-state index contributed by atoms with van der Waals surface area (Å²) in [5.41, 5.74) is 9.00. The molecule has 0 radical (unpaired) electrons. The first-order valence-electron chi connectivity index (χ1n) is 28.9. The first-order valence-corrected chi connectivity index (χ1v) is 32.6. The molecule has 14 rings (SSSR count). The summed E-state index contributed by atoms with van der Waals surface area (Å²) in [5, 5.41) is 10.4. The molecule has 8 heterocycles. The molecule has 6 aromatic carbocycles. The summed E-state index contributed by atoms with van der Waals surface area (Å²) in [6.45, 7) is 7.80. The van der Waals surface area contributed by atoms with Crippen LogP contribution in [0.25, 0.3) is 117 Å². The van der Waals surface area contributed by atoms with Crippen molar-refractivity contribution in [3.8, 4) is 56.6 Å².